The second kappa shape index (κ2) is 16.3. The maximum atomic E-state index is 2.23. The molecule has 0 aliphatic carbocycles. The summed E-state index contributed by atoms with van der Waals surface area (Å²) in [7, 11) is -0.409. The molecule has 0 amide bonds. The zero-order valence-electron chi connectivity index (χ0n) is 14.4. The van der Waals surface area contributed by atoms with Crippen molar-refractivity contribution in [3.63, 3.8) is 0 Å². The van der Waals surface area contributed by atoms with Gasteiger partial charge < -0.3 is 29.6 Å². The maximum Gasteiger partial charge on any atom is 0 e. The van der Waals surface area contributed by atoms with Gasteiger partial charge >= 0.3 is 0 Å². The smallest absolute Gasteiger partial charge is 0 e. The fourth-order valence-electron chi connectivity index (χ4n) is 2.44. The van der Waals surface area contributed by atoms with E-state index in [-0.39, 0.29) is 62.3 Å². The molecule has 0 bridgehead atoms. The van der Waals surface area contributed by atoms with Crippen LogP contribution in [0.5, 0.6) is 0 Å². The van der Waals surface area contributed by atoms with Crippen LogP contribution in [0.4, 0.5) is 0 Å². The fourth-order valence-corrected chi connectivity index (χ4v) is 4.74. The third kappa shape index (κ3) is 8.91. The zero-order chi connectivity index (χ0) is 15.7. The summed E-state index contributed by atoms with van der Waals surface area (Å²) in [6, 6.07) is 40.2. The standard InChI is InChI=1S/C17H14P.C5H5.2ClH.Fe.Pd/c1-3-9-15(10-4-1)18(17-13-7-8-14-17)16-11-5-2-6-12-16;1-2-4-5-3-1;;;;/h1-14H;1-5H;2*1H;;/q-5;-1;;;;. The first-order valence-corrected chi connectivity index (χ1v) is 9.08. The Kier molecular flexibility index (Phi) is 17.2. The average Bonchev–Trinajstić information content (AvgIpc) is 3.34. The Morgan fingerprint density at radius 2 is 1.04 bits per heavy atom. The minimum absolute atomic E-state index is 0. The Bertz CT molecular complexity index is 719. The van der Waals surface area contributed by atoms with Gasteiger partial charge in [-0.1, -0.05) is 71.3 Å². The van der Waals surface area contributed by atoms with Crippen LogP contribution < -0.4 is 15.9 Å². The molecule has 0 heterocycles. The first kappa shape index (κ1) is 28.5. The molecule has 0 saturated carbocycles. The van der Waals surface area contributed by atoms with Crippen LogP contribution in [0.15, 0.2) is 115 Å². The quantitative estimate of drug-likeness (QED) is 0.182. The van der Waals surface area contributed by atoms with E-state index < -0.39 is 7.92 Å². The third-order valence-electron chi connectivity index (χ3n) is 3.49. The van der Waals surface area contributed by atoms with Crippen molar-refractivity contribution in [1.29, 1.82) is 0 Å². The molecule has 0 atom stereocenters. The molecule has 0 fully saturated rings. The van der Waals surface area contributed by atoms with Gasteiger partial charge in [-0.15, -0.1) is 24.8 Å². The molecule has 152 valence electrons. The fraction of sp³-hybridized carbons (Fsp3) is 0. The molecule has 0 spiro atoms. The van der Waals surface area contributed by atoms with Gasteiger partial charge in [0.05, 0.1) is 0 Å². The molecule has 0 saturated heterocycles. The molecule has 27 heavy (non-hydrogen) atoms. The molecule has 4 aromatic carbocycles. The zero-order valence-corrected chi connectivity index (χ0v) is 19.6. The molecule has 4 aromatic rings. The van der Waals surface area contributed by atoms with Crippen LogP contribution >= 0.6 is 32.7 Å². The number of hydrogen-bond acceptors (Lipinski definition) is 0. The van der Waals surface area contributed by atoms with Crippen LogP contribution in [0.3, 0.4) is 0 Å². The summed E-state index contributed by atoms with van der Waals surface area (Å²) in [5.41, 5.74) is 0. The Balaban J connectivity index is 0. The Morgan fingerprint density at radius 3 is 1.37 bits per heavy atom. The van der Waals surface area contributed by atoms with Gasteiger partial charge in [-0.25, -0.2) is 20.1 Å². The van der Waals surface area contributed by atoms with Crippen molar-refractivity contribution in [2.75, 3.05) is 0 Å². The van der Waals surface area contributed by atoms with Crippen molar-refractivity contribution in [3.8, 4) is 0 Å². The predicted molar refractivity (Wildman–Crippen MR) is 117 cm³/mol. The summed E-state index contributed by atoms with van der Waals surface area (Å²) < 4.78 is 0. The van der Waals surface area contributed by atoms with Crippen LogP contribution in [0.2, 0.25) is 0 Å². The van der Waals surface area contributed by atoms with E-state index in [1.807, 2.05) is 30.3 Å². The first-order valence-electron chi connectivity index (χ1n) is 7.74. The number of hydrogen-bond donors (Lipinski definition) is 0. The van der Waals surface area contributed by atoms with Gasteiger partial charge in [0.2, 0.25) is 0 Å². The van der Waals surface area contributed by atoms with Crippen molar-refractivity contribution in [1.82, 2.24) is 0 Å². The Hall–Kier alpha value is -0.668. The summed E-state index contributed by atoms with van der Waals surface area (Å²) in [5.74, 6) is 0. The summed E-state index contributed by atoms with van der Waals surface area (Å²) in [5, 5.41) is 4.23. The minimum atomic E-state index is -0.409. The topological polar surface area (TPSA) is 0 Å². The average molecular weight is 550 g/mol. The van der Waals surface area contributed by atoms with Crippen LogP contribution in [0, 0.1) is 0 Å². The van der Waals surface area contributed by atoms with Crippen molar-refractivity contribution in [3.05, 3.63) is 115 Å². The second-order valence-corrected chi connectivity index (χ2v) is 7.33. The van der Waals surface area contributed by atoms with Crippen LogP contribution in [-0.4, -0.2) is 0 Å². The van der Waals surface area contributed by atoms with Gasteiger partial charge in [-0.05, 0) is 0 Å². The Morgan fingerprint density at radius 1 is 0.630 bits per heavy atom. The van der Waals surface area contributed by atoms with Gasteiger partial charge in [-0.2, -0.15) is 18.2 Å². The summed E-state index contributed by atoms with van der Waals surface area (Å²) in [6.45, 7) is 0. The summed E-state index contributed by atoms with van der Waals surface area (Å²) in [6.07, 6.45) is 0. The van der Waals surface area contributed by atoms with Gasteiger partial charge in [-0.3, -0.25) is 0 Å². The van der Waals surface area contributed by atoms with E-state index in [0.29, 0.717) is 0 Å². The monoisotopic (exact) mass is 548 g/mol. The van der Waals surface area contributed by atoms with E-state index in [9.17, 15) is 0 Å². The summed E-state index contributed by atoms with van der Waals surface area (Å²) >= 11 is 0. The molecule has 0 aliphatic heterocycles. The van der Waals surface area contributed by atoms with Crippen LogP contribution in [-0.2, 0) is 37.5 Å². The van der Waals surface area contributed by atoms with Crippen molar-refractivity contribution in [2.45, 2.75) is 0 Å². The number of benzene rings is 2. The van der Waals surface area contributed by atoms with Gasteiger partial charge in [0, 0.05) is 37.5 Å². The number of halogens is 2. The van der Waals surface area contributed by atoms with Crippen LogP contribution in [0.25, 0.3) is 0 Å². The maximum absolute atomic E-state index is 2.23. The normalized spacial score (nSPS) is 8.63. The molecular formula is C22H21Cl2FePPd-6. The molecule has 4 rings (SSSR count). The molecule has 0 aromatic heterocycles. The van der Waals surface area contributed by atoms with E-state index in [1.54, 1.807) is 0 Å². The molecule has 0 N–H and O–H groups in total. The second-order valence-electron chi connectivity index (χ2n) is 5.11. The molecule has 0 unspecified atom stereocenters. The van der Waals surface area contributed by atoms with Gasteiger partial charge in [0.1, 0.15) is 0 Å². The summed E-state index contributed by atoms with van der Waals surface area (Å²) in [4.78, 5) is 0. The first-order chi connectivity index (χ1) is 11.4. The molecular weight excluding hydrogens is 528 g/mol. The third-order valence-corrected chi connectivity index (χ3v) is 5.93. The molecule has 0 aliphatic rings. The van der Waals surface area contributed by atoms with E-state index >= 15 is 0 Å². The predicted octanol–water partition coefficient (Wildman–Crippen LogP) is 5.41. The van der Waals surface area contributed by atoms with E-state index in [4.69, 9.17) is 0 Å². The van der Waals surface area contributed by atoms with Crippen LogP contribution in [0.1, 0.15) is 0 Å². The molecule has 0 nitrogen and oxygen atoms in total. The molecule has 0 radical (unpaired) electrons. The Labute approximate surface area is 200 Å². The van der Waals surface area contributed by atoms with E-state index in [2.05, 4.69) is 84.9 Å². The van der Waals surface area contributed by atoms with E-state index in [1.165, 1.54) is 15.9 Å². The van der Waals surface area contributed by atoms with Crippen molar-refractivity contribution in [2.24, 2.45) is 0 Å². The van der Waals surface area contributed by atoms with Crippen molar-refractivity contribution < 1.29 is 37.5 Å². The van der Waals surface area contributed by atoms with E-state index in [0.717, 1.165) is 0 Å². The SMILES string of the molecule is Cl.Cl.[Fe].[Pd].c1cc[cH-]c1.c1ccc(P(c2ccccc2)[c-]2[cH-][cH-][cH-][cH-]2)cc1. The largest absolute Gasteiger partial charge is 0.747 e. The van der Waals surface area contributed by atoms with Gasteiger partial charge in [0.25, 0.3) is 0 Å². The molecule has 5 heteroatoms. The van der Waals surface area contributed by atoms with Gasteiger partial charge in [0.15, 0.2) is 0 Å². The minimum Gasteiger partial charge on any atom is -0.747 e. The van der Waals surface area contributed by atoms with Crippen molar-refractivity contribution >= 4 is 48.6 Å². The number of rotatable bonds is 3.